The van der Waals surface area contributed by atoms with E-state index in [-0.39, 0.29) is 5.78 Å². The summed E-state index contributed by atoms with van der Waals surface area (Å²) in [5.74, 6) is 0.0624. The van der Waals surface area contributed by atoms with Crippen molar-refractivity contribution in [1.82, 2.24) is 0 Å². The first-order valence-electron chi connectivity index (χ1n) is 2.90. The van der Waals surface area contributed by atoms with Gasteiger partial charge in [-0.15, -0.1) is 0 Å². The van der Waals surface area contributed by atoms with Gasteiger partial charge in [0, 0.05) is 10.8 Å². The number of carbonyl (C=O) groups is 1. The Morgan fingerprint density at radius 1 is 1.78 bits per heavy atom. The summed E-state index contributed by atoms with van der Waals surface area (Å²) in [5.41, 5.74) is 0. The summed E-state index contributed by atoms with van der Waals surface area (Å²) in [6.45, 7) is 1.50. The Bertz CT molecular complexity index is 93.1. The van der Waals surface area contributed by atoms with Gasteiger partial charge in [-0.25, -0.2) is 0 Å². The van der Waals surface area contributed by atoms with E-state index in [2.05, 4.69) is 22.6 Å². The molecular weight excluding hydrogens is 231 g/mol. The minimum atomic E-state index is -0.417. The van der Waals surface area contributed by atoms with E-state index in [0.29, 0.717) is 6.42 Å². The molecule has 0 rings (SSSR count). The average molecular weight is 242 g/mol. The van der Waals surface area contributed by atoms with Gasteiger partial charge < -0.3 is 5.11 Å². The lowest BCUT2D eigenvalue weighted by Gasteiger charge is -2.03. The van der Waals surface area contributed by atoms with Crippen LogP contribution in [0.5, 0.6) is 0 Å². The first-order valence-corrected chi connectivity index (χ1v) is 4.43. The Morgan fingerprint density at radius 3 is 2.67 bits per heavy atom. The average Bonchev–Trinajstić information content (AvgIpc) is 1.63. The van der Waals surface area contributed by atoms with Crippen molar-refractivity contribution in [2.24, 2.45) is 0 Å². The molecule has 0 heterocycles. The van der Waals surface area contributed by atoms with Crippen LogP contribution in [-0.2, 0) is 4.79 Å². The summed E-state index contributed by atoms with van der Waals surface area (Å²) in [4.78, 5) is 10.4. The van der Waals surface area contributed by atoms with Crippen LogP contribution >= 0.6 is 22.6 Å². The number of aliphatic hydroxyl groups is 1. The summed E-state index contributed by atoms with van der Waals surface area (Å²) >= 11 is 2.18. The van der Waals surface area contributed by atoms with Gasteiger partial charge in [-0.1, -0.05) is 22.6 Å². The van der Waals surface area contributed by atoms with E-state index in [4.69, 9.17) is 5.11 Å². The van der Waals surface area contributed by atoms with Crippen molar-refractivity contribution in [3.8, 4) is 0 Å². The van der Waals surface area contributed by atoms with E-state index in [1.807, 2.05) is 0 Å². The molecule has 0 aliphatic rings. The molecule has 0 aliphatic heterocycles. The highest BCUT2D eigenvalue weighted by molar-refractivity contribution is 14.1. The maximum Gasteiger partial charge on any atom is 0.132 e. The highest BCUT2D eigenvalue weighted by atomic mass is 127. The van der Waals surface area contributed by atoms with E-state index in [0.717, 1.165) is 10.8 Å². The molecule has 0 saturated carbocycles. The molecule has 0 fully saturated rings. The molecule has 0 spiro atoms. The van der Waals surface area contributed by atoms with Crippen LogP contribution in [0.25, 0.3) is 0 Å². The molecule has 0 bridgehead atoms. The van der Waals surface area contributed by atoms with Crippen molar-refractivity contribution < 1.29 is 9.90 Å². The second kappa shape index (κ2) is 5.17. The SMILES string of the molecule is CC(=O)CC(O)CCI. The van der Waals surface area contributed by atoms with Gasteiger partial charge in [0.1, 0.15) is 5.78 Å². The van der Waals surface area contributed by atoms with Gasteiger partial charge in [0.15, 0.2) is 0 Å². The lowest BCUT2D eigenvalue weighted by molar-refractivity contribution is -0.118. The van der Waals surface area contributed by atoms with Crippen molar-refractivity contribution in [3.63, 3.8) is 0 Å². The molecule has 0 aliphatic carbocycles. The first-order chi connectivity index (χ1) is 4.16. The maximum absolute atomic E-state index is 10.4. The Labute approximate surface area is 68.8 Å². The number of carbonyl (C=O) groups excluding carboxylic acids is 1. The minimum Gasteiger partial charge on any atom is -0.393 e. The van der Waals surface area contributed by atoms with E-state index in [1.54, 1.807) is 0 Å². The number of hydrogen-bond acceptors (Lipinski definition) is 2. The zero-order chi connectivity index (χ0) is 7.28. The number of halogens is 1. The first kappa shape index (κ1) is 9.36. The van der Waals surface area contributed by atoms with Gasteiger partial charge in [-0.2, -0.15) is 0 Å². The van der Waals surface area contributed by atoms with E-state index < -0.39 is 6.10 Å². The molecule has 0 aromatic rings. The Kier molecular flexibility index (Phi) is 5.38. The molecule has 0 amide bonds. The van der Waals surface area contributed by atoms with E-state index >= 15 is 0 Å². The summed E-state index contributed by atoms with van der Waals surface area (Å²) < 4.78 is 0.909. The molecular formula is C6H11IO2. The van der Waals surface area contributed by atoms with Gasteiger partial charge in [0.25, 0.3) is 0 Å². The van der Waals surface area contributed by atoms with Crippen LogP contribution < -0.4 is 0 Å². The van der Waals surface area contributed by atoms with Crippen LogP contribution in [0.2, 0.25) is 0 Å². The van der Waals surface area contributed by atoms with Gasteiger partial charge >= 0.3 is 0 Å². The third-order valence-electron chi connectivity index (χ3n) is 0.965. The third-order valence-corrected chi connectivity index (χ3v) is 1.59. The summed E-state index contributed by atoms with van der Waals surface area (Å²) in [6, 6.07) is 0. The maximum atomic E-state index is 10.4. The predicted octanol–water partition coefficient (Wildman–Crippen LogP) is 1.15. The molecule has 0 saturated heterocycles. The van der Waals surface area contributed by atoms with Gasteiger partial charge in [0.2, 0.25) is 0 Å². The quantitative estimate of drug-likeness (QED) is 0.593. The van der Waals surface area contributed by atoms with Gasteiger partial charge in [-0.3, -0.25) is 4.79 Å². The monoisotopic (exact) mass is 242 g/mol. The predicted molar refractivity (Wildman–Crippen MR) is 44.8 cm³/mol. The van der Waals surface area contributed by atoms with Crippen molar-refractivity contribution in [3.05, 3.63) is 0 Å². The fraction of sp³-hybridized carbons (Fsp3) is 0.833. The molecule has 0 radical (unpaired) electrons. The van der Waals surface area contributed by atoms with Crippen LogP contribution in [0.3, 0.4) is 0 Å². The van der Waals surface area contributed by atoms with Crippen molar-refractivity contribution in [1.29, 1.82) is 0 Å². The van der Waals surface area contributed by atoms with Gasteiger partial charge in [-0.05, 0) is 13.3 Å². The Balaban J connectivity index is 3.26. The fourth-order valence-corrected chi connectivity index (χ4v) is 1.28. The number of Topliss-reactive ketones (excluding diaryl/α,β-unsaturated/α-hetero) is 1. The number of aliphatic hydroxyl groups excluding tert-OH is 1. The molecule has 2 nitrogen and oxygen atoms in total. The third kappa shape index (κ3) is 6.24. The fourth-order valence-electron chi connectivity index (χ4n) is 0.560. The largest absolute Gasteiger partial charge is 0.393 e. The van der Waals surface area contributed by atoms with Crippen LogP contribution in [0.4, 0.5) is 0 Å². The van der Waals surface area contributed by atoms with Crippen molar-refractivity contribution >= 4 is 28.4 Å². The second-order valence-electron chi connectivity index (χ2n) is 2.04. The van der Waals surface area contributed by atoms with Crippen molar-refractivity contribution in [2.45, 2.75) is 25.9 Å². The number of rotatable bonds is 4. The topological polar surface area (TPSA) is 37.3 Å². The number of alkyl halides is 1. The molecule has 1 atom stereocenters. The molecule has 3 heteroatoms. The minimum absolute atomic E-state index is 0.0624. The van der Waals surface area contributed by atoms with E-state index in [9.17, 15) is 4.79 Å². The number of ketones is 1. The summed E-state index contributed by atoms with van der Waals surface area (Å²) in [5, 5.41) is 8.99. The molecule has 9 heavy (non-hydrogen) atoms. The highest BCUT2D eigenvalue weighted by Crippen LogP contribution is 2.00. The smallest absolute Gasteiger partial charge is 0.132 e. The molecule has 0 aromatic heterocycles. The Morgan fingerprint density at radius 2 is 2.33 bits per heavy atom. The normalized spacial score (nSPS) is 13.2. The van der Waals surface area contributed by atoms with Crippen molar-refractivity contribution in [2.75, 3.05) is 4.43 Å². The zero-order valence-electron chi connectivity index (χ0n) is 5.43. The molecule has 1 N–H and O–H groups in total. The number of hydrogen-bond donors (Lipinski definition) is 1. The molecule has 1 unspecified atom stereocenters. The van der Waals surface area contributed by atoms with Crippen LogP contribution in [-0.4, -0.2) is 21.4 Å². The standard InChI is InChI=1S/C6H11IO2/c1-5(8)4-6(9)2-3-7/h6,9H,2-4H2,1H3. The summed E-state index contributed by atoms with van der Waals surface area (Å²) in [6.07, 6.45) is 0.614. The van der Waals surface area contributed by atoms with Crippen LogP contribution in [0, 0.1) is 0 Å². The van der Waals surface area contributed by atoms with Crippen LogP contribution in [0.15, 0.2) is 0 Å². The Hall–Kier alpha value is 0.360. The lowest BCUT2D eigenvalue weighted by atomic mass is 10.1. The summed E-state index contributed by atoms with van der Waals surface area (Å²) in [7, 11) is 0. The van der Waals surface area contributed by atoms with Crippen LogP contribution in [0.1, 0.15) is 19.8 Å². The molecule has 54 valence electrons. The second-order valence-corrected chi connectivity index (χ2v) is 3.12. The van der Waals surface area contributed by atoms with Gasteiger partial charge in [0.05, 0.1) is 6.10 Å². The molecule has 0 aromatic carbocycles. The zero-order valence-corrected chi connectivity index (χ0v) is 7.59. The lowest BCUT2D eigenvalue weighted by Crippen LogP contribution is -2.11. The highest BCUT2D eigenvalue weighted by Gasteiger charge is 2.04. The van der Waals surface area contributed by atoms with E-state index in [1.165, 1.54) is 6.92 Å².